The molecule has 2 saturated heterocycles. The Morgan fingerprint density at radius 2 is 2.00 bits per heavy atom. The van der Waals surface area contributed by atoms with Crippen LogP contribution < -0.4 is 5.32 Å². The Morgan fingerprint density at radius 3 is 2.86 bits per heavy atom. The molecule has 5 aliphatic rings. The minimum absolute atomic E-state index is 0.0947. The van der Waals surface area contributed by atoms with Gasteiger partial charge < -0.3 is 10.1 Å². The zero-order valence-corrected chi connectivity index (χ0v) is 13.2. The summed E-state index contributed by atoms with van der Waals surface area (Å²) in [6, 6.07) is 2.22. The van der Waals surface area contributed by atoms with Gasteiger partial charge in [-0.25, -0.2) is 4.79 Å². The first-order chi connectivity index (χ1) is 10.8. The first-order valence-corrected chi connectivity index (χ1v) is 9.22. The van der Waals surface area contributed by atoms with Crippen LogP contribution >= 0.6 is 0 Å². The topological polar surface area (TPSA) is 41.6 Å². The molecule has 1 spiro atoms. The first-order valence-electron chi connectivity index (χ1n) is 9.22. The van der Waals surface area contributed by atoms with Crippen LogP contribution in [0.15, 0.2) is 11.6 Å². The molecule has 2 aliphatic carbocycles. The molecular weight excluding hydrogens is 276 g/mol. The van der Waals surface area contributed by atoms with Crippen molar-refractivity contribution in [3.8, 4) is 0 Å². The van der Waals surface area contributed by atoms with Crippen molar-refractivity contribution in [2.24, 2.45) is 0 Å². The number of piperidine rings is 1. The summed E-state index contributed by atoms with van der Waals surface area (Å²) in [4.78, 5) is 14.7. The summed E-state index contributed by atoms with van der Waals surface area (Å²) < 4.78 is 5.93. The molecular formula is C18H26N2O2. The molecule has 3 heterocycles. The summed E-state index contributed by atoms with van der Waals surface area (Å²) in [7, 11) is 0. The molecule has 0 radical (unpaired) electrons. The van der Waals surface area contributed by atoms with Crippen molar-refractivity contribution in [2.45, 2.75) is 87.6 Å². The highest BCUT2D eigenvalue weighted by Gasteiger charge is 2.63. The number of fused-ring (bicyclic) bond motifs is 3. The minimum Gasteiger partial charge on any atom is -0.450 e. The summed E-state index contributed by atoms with van der Waals surface area (Å²) >= 11 is 0. The number of carbonyl (C=O) groups is 1. The second-order valence-electron chi connectivity index (χ2n) is 7.96. The van der Waals surface area contributed by atoms with Gasteiger partial charge in [-0.15, -0.1) is 0 Å². The van der Waals surface area contributed by atoms with Gasteiger partial charge in [0.25, 0.3) is 0 Å². The lowest BCUT2D eigenvalue weighted by Crippen LogP contribution is -2.52. The number of hydrogen-bond acceptors (Lipinski definition) is 4. The largest absolute Gasteiger partial charge is 0.450 e. The monoisotopic (exact) mass is 302 g/mol. The number of carbonyl (C=O) groups excluding carboxylic acids is 1. The van der Waals surface area contributed by atoms with Gasteiger partial charge in [-0.05, 0) is 44.2 Å². The summed E-state index contributed by atoms with van der Waals surface area (Å²) in [5, 5.41) is 3.95. The molecule has 4 unspecified atom stereocenters. The van der Waals surface area contributed by atoms with E-state index in [1.807, 2.05) is 6.08 Å². The van der Waals surface area contributed by atoms with Crippen molar-refractivity contribution >= 4 is 5.97 Å². The van der Waals surface area contributed by atoms with E-state index in [2.05, 4.69) is 10.2 Å². The molecule has 22 heavy (non-hydrogen) atoms. The Labute approximate surface area is 132 Å². The van der Waals surface area contributed by atoms with E-state index in [0.717, 1.165) is 12.8 Å². The van der Waals surface area contributed by atoms with Gasteiger partial charge >= 0.3 is 5.97 Å². The molecule has 4 nitrogen and oxygen atoms in total. The molecule has 2 bridgehead atoms. The number of esters is 1. The molecule has 0 aromatic rings. The Bertz CT molecular complexity index is 525. The Kier molecular flexibility index (Phi) is 2.97. The summed E-state index contributed by atoms with van der Waals surface area (Å²) in [6.07, 6.45) is 13.0. The van der Waals surface area contributed by atoms with E-state index in [9.17, 15) is 4.79 Å². The van der Waals surface area contributed by atoms with Crippen LogP contribution in [0.25, 0.3) is 0 Å². The lowest BCUT2D eigenvalue weighted by Gasteiger charge is -2.38. The van der Waals surface area contributed by atoms with Gasteiger partial charge in [-0.3, -0.25) is 4.90 Å². The van der Waals surface area contributed by atoms with Crippen LogP contribution in [-0.4, -0.2) is 47.2 Å². The van der Waals surface area contributed by atoms with E-state index in [4.69, 9.17) is 4.74 Å². The normalized spacial score (nSPS) is 44.6. The average Bonchev–Trinajstić information content (AvgIpc) is 3.19. The van der Waals surface area contributed by atoms with Crippen molar-refractivity contribution < 1.29 is 9.53 Å². The Balaban J connectivity index is 1.47. The predicted molar refractivity (Wildman–Crippen MR) is 83.5 cm³/mol. The molecule has 2 saturated carbocycles. The molecule has 0 aromatic carbocycles. The second-order valence-corrected chi connectivity index (χ2v) is 7.96. The second kappa shape index (κ2) is 4.81. The van der Waals surface area contributed by atoms with E-state index in [1.165, 1.54) is 57.1 Å². The fourth-order valence-corrected chi connectivity index (χ4v) is 5.95. The van der Waals surface area contributed by atoms with Gasteiger partial charge in [0.2, 0.25) is 0 Å². The number of ether oxygens (including phenoxy) is 1. The quantitative estimate of drug-likeness (QED) is 0.794. The molecule has 0 amide bonds. The van der Waals surface area contributed by atoms with Crippen molar-refractivity contribution in [3.63, 3.8) is 0 Å². The zero-order chi connectivity index (χ0) is 14.7. The zero-order valence-electron chi connectivity index (χ0n) is 13.2. The van der Waals surface area contributed by atoms with Crippen molar-refractivity contribution in [1.29, 1.82) is 0 Å². The maximum Gasteiger partial charge on any atom is 0.331 e. The number of hydrogen-bond donors (Lipinski definition) is 1. The smallest absolute Gasteiger partial charge is 0.331 e. The SMILES string of the molecule is O=C1C=C2CC(NC3CCCC3)C3CC2(O1)C1CCCCN31. The summed E-state index contributed by atoms with van der Waals surface area (Å²) in [6.45, 7) is 1.19. The molecule has 3 aliphatic heterocycles. The van der Waals surface area contributed by atoms with Crippen LogP contribution in [-0.2, 0) is 9.53 Å². The van der Waals surface area contributed by atoms with Crippen LogP contribution in [0.4, 0.5) is 0 Å². The van der Waals surface area contributed by atoms with E-state index in [0.29, 0.717) is 24.2 Å². The van der Waals surface area contributed by atoms with E-state index in [-0.39, 0.29) is 11.6 Å². The molecule has 0 aromatic heterocycles. The highest BCUT2D eigenvalue weighted by atomic mass is 16.6. The molecule has 5 rings (SSSR count). The molecule has 120 valence electrons. The van der Waals surface area contributed by atoms with Crippen molar-refractivity contribution in [2.75, 3.05) is 6.54 Å². The fourth-order valence-electron chi connectivity index (χ4n) is 5.95. The number of nitrogens with one attached hydrogen (secondary N) is 1. The Morgan fingerprint density at radius 1 is 1.18 bits per heavy atom. The lowest BCUT2D eigenvalue weighted by molar-refractivity contribution is -0.148. The Hall–Kier alpha value is -0.870. The standard InChI is InChI=1S/C18H26N2O2/c21-17-10-12-9-14(19-13-5-1-2-6-13)15-11-18(12,22-17)16-7-3-4-8-20(15)16/h10,13-16,19H,1-9,11H2. The molecule has 4 heteroatoms. The van der Waals surface area contributed by atoms with Gasteiger partial charge in [-0.2, -0.15) is 0 Å². The van der Waals surface area contributed by atoms with E-state index >= 15 is 0 Å². The predicted octanol–water partition coefficient (Wildman–Crippen LogP) is 2.14. The summed E-state index contributed by atoms with van der Waals surface area (Å²) in [5.74, 6) is -0.0947. The molecule has 4 fully saturated rings. The first kappa shape index (κ1) is 13.6. The maximum absolute atomic E-state index is 12.0. The van der Waals surface area contributed by atoms with Gasteiger partial charge in [0.1, 0.15) is 0 Å². The number of nitrogens with zero attached hydrogens (tertiary/aromatic N) is 1. The number of rotatable bonds is 2. The van der Waals surface area contributed by atoms with Crippen LogP contribution in [0.5, 0.6) is 0 Å². The summed E-state index contributed by atoms with van der Waals surface area (Å²) in [5.41, 5.74) is 1.04. The van der Waals surface area contributed by atoms with Gasteiger partial charge in [0.05, 0.1) is 6.04 Å². The van der Waals surface area contributed by atoms with Gasteiger partial charge in [0.15, 0.2) is 5.60 Å². The van der Waals surface area contributed by atoms with Gasteiger partial charge in [-0.1, -0.05) is 19.3 Å². The van der Waals surface area contributed by atoms with Crippen LogP contribution in [0, 0.1) is 0 Å². The molecule has 4 atom stereocenters. The van der Waals surface area contributed by atoms with Crippen LogP contribution in [0.1, 0.15) is 57.8 Å². The van der Waals surface area contributed by atoms with E-state index < -0.39 is 0 Å². The van der Waals surface area contributed by atoms with Crippen LogP contribution in [0.2, 0.25) is 0 Å². The maximum atomic E-state index is 12.0. The lowest BCUT2D eigenvalue weighted by atomic mass is 9.75. The third-order valence-corrected chi connectivity index (χ3v) is 6.85. The third-order valence-electron chi connectivity index (χ3n) is 6.85. The van der Waals surface area contributed by atoms with Crippen molar-refractivity contribution in [3.05, 3.63) is 11.6 Å². The van der Waals surface area contributed by atoms with E-state index in [1.54, 1.807) is 0 Å². The van der Waals surface area contributed by atoms with Crippen molar-refractivity contribution in [1.82, 2.24) is 10.2 Å². The average molecular weight is 302 g/mol. The van der Waals surface area contributed by atoms with Crippen LogP contribution in [0.3, 0.4) is 0 Å². The highest BCUT2D eigenvalue weighted by Crippen LogP contribution is 2.54. The third kappa shape index (κ3) is 1.80. The highest BCUT2D eigenvalue weighted by molar-refractivity contribution is 5.87. The molecule has 1 N–H and O–H groups in total. The minimum atomic E-state index is -0.254. The van der Waals surface area contributed by atoms with Gasteiger partial charge in [0, 0.05) is 30.6 Å². The fraction of sp³-hybridized carbons (Fsp3) is 0.833.